The molecule has 0 aliphatic rings. The van der Waals surface area contributed by atoms with Crippen molar-refractivity contribution in [3.63, 3.8) is 0 Å². The molecule has 0 saturated heterocycles. The van der Waals surface area contributed by atoms with E-state index in [0.717, 1.165) is 23.3 Å². The molecule has 2 rings (SSSR count). The number of halogens is 1. The molecule has 0 spiro atoms. The maximum Gasteiger partial charge on any atom is 0.273 e. The molecule has 0 aliphatic heterocycles. The van der Waals surface area contributed by atoms with Crippen LogP contribution >= 0.6 is 15.9 Å². The number of hydrogen-bond donors (Lipinski definition) is 2. The molecule has 1 heterocycles. The van der Waals surface area contributed by atoms with Gasteiger partial charge in [-0.25, -0.2) is 0 Å². The van der Waals surface area contributed by atoms with Crippen LogP contribution in [-0.2, 0) is 0 Å². The average molecular weight is 393 g/mol. The quantitative estimate of drug-likeness (QED) is 0.751. The highest BCUT2D eigenvalue weighted by molar-refractivity contribution is 9.10. The van der Waals surface area contributed by atoms with Crippen molar-refractivity contribution in [1.82, 2.24) is 15.5 Å². The van der Waals surface area contributed by atoms with Crippen LogP contribution in [0.5, 0.6) is 0 Å². The third-order valence-corrected chi connectivity index (χ3v) is 4.83. The Labute approximate surface area is 152 Å². The smallest absolute Gasteiger partial charge is 0.273 e. The number of rotatable bonds is 7. The SMILES string of the molecule is CCN(CCNC(=O)c1n[nH]c(C(C)C)c1Br)c1ccccc1C. The molecule has 0 aliphatic carbocycles. The van der Waals surface area contributed by atoms with E-state index in [1.54, 1.807) is 0 Å². The average Bonchev–Trinajstić information content (AvgIpc) is 2.94. The van der Waals surface area contributed by atoms with E-state index in [9.17, 15) is 4.79 Å². The van der Waals surface area contributed by atoms with E-state index >= 15 is 0 Å². The number of H-pyrrole nitrogens is 1. The van der Waals surface area contributed by atoms with Gasteiger partial charge in [-0.05, 0) is 47.3 Å². The number of anilines is 1. The minimum atomic E-state index is -0.161. The van der Waals surface area contributed by atoms with Crippen LogP contribution in [0.4, 0.5) is 5.69 Å². The van der Waals surface area contributed by atoms with E-state index in [-0.39, 0.29) is 11.8 Å². The largest absolute Gasteiger partial charge is 0.370 e. The predicted octanol–water partition coefficient (Wildman–Crippen LogP) is 3.86. The Kier molecular flexibility index (Phi) is 6.43. The van der Waals surface area contributed by atoms with Gasteiger partial charge in [0, 0.05) is 25.3 Å². The normalized spacial score (nSPS) is 10.9. The van der Waals surface area contributed by atoms with Crippen LogP contribution in [0.15, 0.2) is 28.7 Å². The van der Waals surface area contributed by atoms with Gasteiger partial charge in [-0.3, -0.25) is 9.89 Å². The van der Waals surface area contributed by atoms with Crippen LogP contribution in [-0.4, -0.2) is 35.7 Å². The van der Waals surface area contributed by atoms with Gasteiger partial charge in [0.2, 0.25) is 0 Å². The molecule has 0 fully saturated rings. The number of carbonyl (C=O) groups is 1. The second-order valence-electron chi connectivity index (χ2n) is 6.08. The predicted molar refractivity (Wildman–Crippen MR) is 102 cm³/mol. The lowest BCUT2D eigenvalue weighted by molar-refractivity contribution is 0.0949. The first kappa shape index (κ1) is 18.5. The summed E-state index contributed by atoms with van der Waals surface area (Å²) in [5.74, 6) is 0.121. The fourth-order valence-corrected chi connectivity index (χ4v) is 3.45. The van der Waals surface area contributed by atoms with Crippen molar-refractivity contribution in [3.8, 4) is 0 Å². The number of amides is 1. The van der Waals surface area contributed by atoms with Gasteiger partial charge < -0.3 is 10.2 Å². The summed E-state index contributed by atoms with van der Waals surface area (Å²) in [6, 6.07) is 8.29. The van der Waals surface area contributed by atoms with Crippen LogP contribution in [0.2, 0.25) is 0 Å². The first-order chi connectivity index (χ1) is 11.5. The molecule has 24 heavy (non-hydrogen) atoms. The lowest BCUT2D eigenvalue weighted by atomic mass is 10.1. The molecule has 1 aromatic carbocycles. The van der Waals surface area contributed by atoms with Crippen molar-refractivity contribution >= 4 is 27.5 Å². The van der Waals surface area contributed by atoms with Crippen molar-refractivity contribution in [2.75, 3.05) is 24.5 Å². The molecule has 0 radical (unpaired) electrons. The Morgan fingerprint density at radius 3 is 2.67 bits per heavy atom. The Morgan fingerprint density at radius 1 is 1.38 bits per heavy atom. The molecule has 5 nitrogen and oxygen atoms in total. The summed E-state index contributed by atoms with van der Waals surface area (Å²) >= 11 is 3.47. The summed E-state index contributed by atoms with van der Waals surface area (Å²) in [5.41, 5.74) is 3.80. The number of benzene rings is 1. The highest BCUT2D eigenvalue weighted by Crippen LogP contribution is 2.25. The minimum Gasteiger partial charge on any atom is -0.370 e. The highest BCUT2D eigenvalue weighted by atomic mass is 79.9. The number of aromatic nitrogens is 2. The number of aryl methyl sites for hydroxylation is 1. The van der Waals surface area contributed by atoms with E-state index in [2.05, 4.69) is 76.2 Å². The number of likely N-dealkylation sites (N-methyl/N-ethyl adjacent to an activating group) is 1. The fourth-order valence-electron chi connectivity index (χ4n) is 2.63. The molecular formula is C18H25BrN4O. The van der Waals surface area contributed by atoms with E-state index in [1.807, 2.05) is 12.1 Å². The van der Waals surface area contributed by atoms with Crippen molar-refractivity contribution in [3.05, 3.63) is 45.7 Å². The summed E-state index contributed by atoms with van der Waals surface area (Å²) in [5, 5.41) is 10.0. The first-order valence-electron chi connectivity index (χ1n) is 8.28. The monoisotopic (exact) mass is 392 g/mol. The zero-order valence-corrected chi connectivity index (χ0v) is 16.3. The molecule has 0 unspecified atom stereocenters. The zero-order valence-electron chi connectivity index (χ0n) is 14.7. The third kappa shape index (κ3) is 4.17. The molecule has 0 atom stereocenters. The standard InChI is InChI=1S/C18H25BrN4O/c1-5-23(14-9-7-6-8-13(14)4)11-10-20-18(24)17-15(19)16(12(2)3)21-22-17/h6-9,12H,5,10-11H2,1-4H3,(H,20,24)(H,21,22). The van der Waals surface area contributed by atoms with E-state index in [1.165, 1.54) is 11.3 Å². The number of para-hydroxylation sites is 1. The lowest BCUT2D eigenvalue weighted by Gasteiger charge is -2.25. The fraction of sp³-hybridized carbons (Fsp3) is 0.444. The molecule has 0 bridgehead atoms. The van der Waals surface area contributed by atoms with Gasteiger partial charge in [0.1, 0.15) is 0 Å². The first-order valence-corrected chi connectivity index (χ1v) is 9.07. The summed E-state index contributed by atoms with van der Waals surface area (Å²) in [6.45, 7) is 10.6. The van der Waals surface area contributed by atoms with Crippen LogP contribution < -0.4 is 10.2 Å². The van der Waals surface area contributed by atoms with Crippen LogP contribution in [0.25, 0.3) is 0 Å². The Hall–Kier alpha value is -1.82. The molecule has 1 amide bonds. The van der Waals surface area contributed by atoms with E-state index in [4.69, 9.17) is 0 Å². The molecule has 130 valence electrons. The Bertz CT molecular complexity index is 696. The molecular weight excluding hydrogens is 368 g/mol. The third-order valence-electron chi connectivity index (χ3n) is 4.03. The summed E-state index contributed by atoms with van der Waals surface area (Å²) < 4.78 is 0.751. The van der Waals surface area contributed by atoms with Crippen molar-refractivity contribution in [2.45, 2.75) is 33.6 Å². The number of nitrogens with zero attached hydrogens (tertiary/aromatic N) is 2. The maximum absolute atomic E-state index is 12.3. The Morgan fingerprint density at radius 2 is 2.08 bits per heavy atom. The van der Waals surface area contributed by atoms with Gasteiger partial charge in [0.15, 0.2) is 5.69 Å². The van der Waals surface area contributed by atoms with E-state index < -0.39 is 0 Å². The molecule has 1 aromatic heterocycles. The van der Waals surface area contributed by atoms with Crippen molar-refractivity contribution < 1.29 is 4.79 Å². The van der Waals surface area contributed by atoms with Crippen LogP contribution in [0.1, 0.15) is 48.4 Å². The Balaban J connectivity index is 1.96. The second kappa shape index (κ2) is 8.33. The minimum absolute atomic E-state index is 0.161. The zero-order chi connectivity index (χ0) is 17.7. The highest BCUT2D eigenvalue weighted by Gasteiger charge is 2.19. The summed E-state index contributed by atoms with van der Waals surface area (Å²) in [4.78, 5) is 14.6. The van der Waals surface area contributed by atoms with Crippen LogP contribution in [0, 0.1) is 6.92 Å². The van der Waals surface area contributed by atoms with Gasteiger partial charge in [-0.1, -0.05) is 32.0 Å². The van der Waals surface area contributed by atoms with Crippen molar-refractivity contribution in [1.29, 1.82) is 0 Å². The van der Waals surface area contributed by atoms with E-state index in [0.29, 0.717) is 12.2 Å². The second-order valence-corrected chi connectivity index (χ2v) is 6.87. The number of aromatic amines is 1. The van der Waals surface area contributed by atoms with Gasteiger partial charge in [0.25, 0.3) is 5.91 Å². The molecule has 2 N–H and O–H groups in total. The van der Waals surface area contributed by atoms with Crippen molar-refractivity contribution in [2.24, 2.45) is 0 Å². The van der Waals surface area contributed by atoms with Gasteiger partial charge in [-0.15, -0.1) is 0 Å². The number of nitrogens with one attached hydrogen (secondary N) is 2. The van der Waals surface area contributed by atoms with Crippen LogP contribution in [0.3, 0.4) is 0 Å². The van der Waals surface area contributed by atoms with Gasteiger partial charge in [0.05, 0.1) is 10.2 Å². The van der Waals surface area contributed by atoms with Gasteiger partial charge >= 0.3 is 0 Å². The van der Waals surface area contributed by atoms with Gasteiger partial charge in [-0.2, -0.15) is 5.10 Å². The summed E-state index contributed by atoms with van der Waals surface area (Å²) in [6.07, 6.45) is 0. The molecule has 2 aromatic rings. The maximum atomic E-state index is 12.3. The molecule has 6 heteroatoms. The topological polar surface area (TPSA) is 61.0 Å². The number of hydrogen-bond acceptors (Lipinski definition) is 3. The summed E-state index contributed by atoms with van der Waals surface area (Å²) in [7, 11) is 0. The molecule has 0 saturated carbocycles. The lowest BCUT2D eigenvalue weighted by Crippen LogP contribution is -2.35. The number of carbonyl (C=O) groups excluding carboxylic acids is 1.